The average Bonchev–Trinajstić information content (AvgIpc) is 3.39. The van der Waals surface area contributed by atoms with Gasteiger partial charge in [0.25, 0.3) is 0 Å². The Morgan fingerprint density at radius 2 is 1.88 bits per heavy atom. The molecule has 4 atom stereocenters. The zero-order valence-electron chi connectivity index (χ0n) is 24.5. The molecular formula is C31H40ClN3O6S. The van der Waals surface area contributed by atoms with E-state index in [-0.39, 0.29) is 18.2 Å². The molecule has 0 saturated carbocycles. The molecule has 1 saturated heterocycles. The lowest BCUT2D eigenvalue weighted by atomic mass is 9.76. The van der Waals surface area contributed by atoms with Gasteiger partial charge in [-0.05, 0) is 54.5 Å². The van der Waals surface area contributed by atoms with E-state index < -0.39 is 40.8 Å². The van der Waals surface area contributed by atoms with Crippen LogP contribution in [0.5, 0.6) is 0 Å². The van der Waals surface area contributed by atoms with Crippen molar-refractivity contribution in [3.63, 3.8) is 0 Å². The number of amides is 3. The number of nitrogens with one attached hydrogen (secondary N) is 3. The summed E-state index contributed by atoms with van der Waals surface area (Å²) in [4.78, 5) is 51.0. The summed E-state index contributed by atoms with van der Waals surface area (Å²) in [6.07, 6.45) is 1.37. The molecular weight excluding hydrogens is 578 g/mol. The highest BCUT2D eigenvalue weighted by atomic mass is 35.5. The second kappa shape index (κ2) is 15.8. The fourth-order valence-corrected chi connectivity index (χ4v) is 5.90. The highest BCUT2D eigenvalue weighted by molar-refractivity contribution is 7.99. The van der Waals surface area contributed by atoms with Crippen LogP contribution in [0.25, 0.3) is 0 Å². The Morgan fingerprint density at radius 3 is 2.50 bits per heavy atom. The van der Waals surface area contributed by atoms with E-state index >= 15 is 0 Å². The topological polar surface area (TPSA) is 123 Å². The normalized spacial score (nSPS) is 17.0. The standard InChI is InChI=1S/C31H40ClN3O6S/c1-5-6-15-25(28(37)34-24(29(38)40-4)18-21-16-17-33-27(21)36)42-35-30(39)41-26(20-11-8-7-9-12-20)31(2,3)22-13-10-14-23(32)19-22/h7-14,19,21,24-26H,5-6,15-18H2,1-4H3,(H,33,36)(H,34,37)(H,35,39)/t21-,24-,25-,26?/m0/s1. The van der Waals surface area contributed by atoms with Crippen LogP contribution in [-0.4, -0.2) is 48.8 Å². The number of benzene rings is 2. The predicted octanol–water partition coefficient (Wildman–Crippen LogP) is 5.48. The summed E-state index contributed by atoms with van der Waals surface area (Å²) in [6.45, 7) is 6.49. The van der Waals surface area contributed by atoms with Crippen LogP contribution in [0.4, 0.5) is 4.79 Å². The third-order valence-corrected chi connectivity index (χ3v) is 8.69. The minimum atomic E-state index is -0.978. The molecule has 11 heteroatoms. The summed E-state index contributed by atoms with van der Waals surface area (Å²) in [5.74, 6) is -1.58. The highest BCUT2D eigenvalue weighted by Gasteiger charge is 2.37. The Labute approximate surface area is 257 Å². The number of hydrogen-bond donors (Lipinski definition) is 3. The number of methoxy groups -OCH3 is 1. The van der Waals surface area contributed by atoms with Crippen LogP contribution in [0.3, 0.4) is 0 Å². The number of ether oxygens (including phenoxy) is 2. The smallest absolute Gasteiger partial charge is 0.417 e. The third-order valence-electron chi connectivity index (χ3n) is 7.43. The van der Waals surface area contributed by atoms with Gasteiger partial charge in [-0.2, -0.15) is 0 Å². The van der Waals surface area contributed by atoms with Crippen molar-refractivity contribution in [3.05, 3.63) is 70.7 Å². The molecule has 3 rings (SSSR count). The lowest BCUT2D eigenvalue weighted by molar-refractivity contribution is -0.145. The molecule has 3 N–H and O–H groups in total. The lowest BCUT2D eigenvalue weighted by Gasteiger charge is -2.35. The Kier molecular flexibility index (Phi) is 12.5. The van der Waals surface area contributed by atoms with E-state index in [0.717, 1.165) is 35.9 Å². The van der Waals surface area contributed by atoms with Gasteiger partial charge < -0.3 is 20.1 Å². The molecule has 3 amide bonds. The number of halogens is 1. The van der Waals surface area contributed by atoms with Crippen LogP contribution in [-0.2, 0) is 29.3 Å². The van der Waals surface area contributed by atoms with Crippen molar-refractivity contribution in [1.29, 1.82) is 0 Å². The van der Waals surface area contributed by atoms with Gasteiger partial charge in [0.15, 0.2) is 0 Å². The van der Waals surface area contributed by atoms with Gasteiger partial charge >= 0.3 is 12.1 Å². The first-order valence-electron chi connectivity index (χ1n) is 14.2. The summed E-state index contributed by atoms with van der Waals surface area (Å²) in [5, 5.41) is 5.37. The van der Waals surface area contributed by atoms with Gasteiger partial charge in [0, 0.05) is 22.9 Å². The molecule has 1 heterocycles. The SMILES string of the molecule is CCCC[C@H](SNC(=O)OC(c1ccccc1)C(C)(C)c1cccc(Cl)c1)C(=O)N[C@@H](C[C@@H]1CCNC1=O)C(=O)OC. The Bertz CT molecular complexity index is 1230. The van der Waals surface area contributed by atoms with Gasteiger partial charge in [0.05, 0.1) is 7.11 Å². The molecule has 1 unspecified atom stereocenters. The first-order chi connectivity index (χ1) is 20.1. The molecule has 2 aromatic carbocycles. The number of carbonyl (C=O) groups excluding carboxylic acids is 4. The third kappa shape index (κ3) is 9.13. The van der Waals surface area contributed by atoms with Gasteiger partial charge in [-0.3, -0.25) is 14.3 Å². The van der Waals surface area contributed by atoms with E-state index in [1.165, 1.54) is 7.11 Å². The molecule has 42 heavy (non-hydrogen) atoms. The molecule has 2 aromatic rings. The fraction of sp³-hybridized carbons (Fsp3) is 0.484. The first kappa shape index (κ1) is 33.3. The Morgan fingerprint density at radius 1 is 1.14 bits per heavy atom. The molecule has 1 aliphatic heterocycles. The van der Waals surface area contributed by atoms with E-state index in [4.69, 9.17) is 21.1 Å². The van der Waals surface area contributed by atoms with Crippen molar-refractivity contribution in [2.45, 2.75) is 75.7 Å². The first-order valence-corrected chi connectivity index (χ1v) is 15.4. The van der Waals surface area contributed by atoms with Crippen LogP contribution in [0, 0.1) is 5.92 Å². The average molecular weight is 618 g/mol. The van der Waals surface area contributed by atoms with Crippen molar-refractivity contribution in [2.24, 2.45) is 5.92 Å². The van der Waals surface area contributed by atoms with E-state index in [1.54, 1.807) is 6.07 Å². The summed E-state index contributed by atoms with van der Waals surface area (Å²) in [5.41, 5.74) is 1.06. The molecule has 228 valence electrons. The maximum atomic E-state index is 13.3. The minimum Gasteiger partial charge on any atom is -0.467 e. The van der Waals surface area contributed by atoms with Crippen LogP contribution in [0.15, 0.2) is 54.6 Å². The molecule has 1 aliphatic rings. The van der Waals surface area contributed by atoms with Gasteiger partial charge in [0.1, 0.15) is 17.4 Å². The summed E-state index contributed by atoms with van der Waals surface area (Å²) < 4.78 is 13.6. The van der Waals surface area contributed by atoms with Crippen LogP contribution in [0.1, 0.15) is 70.1 Å². The molecule has 0 radical (unpaired) electrons. The molecule has 0 bridgehead atoms. The number of rotatable bonds is 14. The van der Waals surface area contributed by atoms with Crippen molar-refractivity contribution in [3.8, 4) is 0 Å². The van der Waals surface area contributed by atoms with Gasteiger partial charge in [-0.25, -0.2) is 9.59 Å². The largest absolute Gasteiger partial charge is 0.467 e. The zero-order chi connectivity index (χ0) is 30.7. The summed E-state index contributed by atoms with van der Waals surface area (Å²) >= 11 is 7.21. The van der Waals surface area contributed by atoms with Crippen molar-refractivity contribution in [1.82, 2.24) is 15.4 Å². The van der Waals surface area contributed by atoms with Crippen LogP contribution < -0.4 is 15.4 Å². The molecule has 0 aliphatic carbocycles. The number of esters is 1. The molecule has 0 spiro atoms. The van der Waals surface area contributed by atoms with Gasteiger partial charge in [0.2, 0.25) is 11.8 Å². The Hall–Kier alpha value is -3.24. The van der Waals surface area contributed by atoms with Crippen LogP contribution >= 0.6 is 23.5 Å². The number of hydrogen-bond acceptors (Lipinski definition) is 7. The van der Waals surface area contributed by atoms with Gasteiger partial charge in [-0.15, -0.1) is 0 Å². The van der Waals surface area contributed by atoms with E-state index in [2.05, 4.69) is 15.4 Å². The van der Waals surface area contributed by atoms with Crippen molar-refractivity contribution < 1.29 is 28.7 Å². The highest BCUT2D eigenvalue weighted by Crippen LogP contribution is 2.40. The summed E-state index contributed by atoms with van der Waals surface area (Å²) in [7, 11) is 1.24. The maximum absolute atomic E-state index is 13.3. The fourth-order valence-electron chi connectivity index (χ4n) is 4.96. The van der Waals surface area contributed by atoms with Crippen LogP contribution in [0.2, 0.25) is 5.02 Å². The van der Waals surface area contributed by atoms with E-state index in [1.807, 2.05) is 69.3 Å². The maximum Gasteiger partial charge on any atom is 0.417 e. The monoisotopic (exact) mass is 617 g/mol. The minimum absolute atomic E-state index is 0.141. The van der Waals surface area contributed by atoms with Gasteiger partial charge in [-0.1, -0.05) is 87.7 Å². The summed E-state index contributed by atoms with van der Waals surface area (Å²) in [6, 6.07) is 15.9. The second-order valence-electron chi connectivity index (χ2n) is 10.9. The quantitative estimate of drug-likeness (QED) is 0.190. The van der Waals surface area contributed by atoms with E-state index in [0.29, 0.717) is 24.4 Å². The van der Waals surface area contributed by atoms with Crippen molar-refractivity contribution in [2.75, 3.05) is 13.7 Å². The lowest BCUT2D eigenvalue weighted by Crippen LogP contribution is -2.47. The second-order valence-corrected chi connectivity index (χ2v) is 12.3. The number of unbranched alkanes of at least 4 members (excludes halogenated alkanes) is 1. The number of carbonyl (C=O) groups is 4. The predicted molar refractivity (Wildman–Crippen MR) is 164 cm³/mol. The molecule has 0 aromatic heterocycles. The molecule has 1 fully saturated rings. The van der Waals surface area contributed by atoms with E-state index in [9.17, 15) is 19.2 Å². The zero-order valence-corrected chi connectivity index (χ0v) is 26.1. The Balaban J connectivity index is 1.72. The molecule has 9 nitrogen and oxygen atoms in total. The van der Waals surface area contributed by atoms with Crippen molar-refractivity contribution >= 4 is 47.4 Å².